The van der Waals surface area contributed by atoms with E-state index in [1.807, 2.05) is 24.3 Å². The molecule has 1 aromatic rings. The molecule has 0 bridgehead atoms. The molecule has 0 radical (unpaired) electrons. The van der Waals surface area contributed by atoms with Crippen LogP contribution in [0, 0.1) is 5.92 Å². The van der Waals surface area contributed by atoms with Gasteiger partial charge >= 0.3 is 0 Å². The maximum atomic E-state index is 12.3. The molecule has 0 aromatic heterocycles. The quantitative estimate of drug-likeness (QED) is 0.884. The van der Waals surface area contributed by atoms with Gasteiger partial charge in [-0.25, -0.2) is 0 Å². The number of ether oxygens (including phenoxy) is 1. The van der Waals surface area contributed by atoms with Crippen LogP contribution in [-0.4, -0.2) is 24.7 Å². The minimum absolute atomic E-state index is 0.0196. The number of amides is 1. The second-order valence-electron chi connectivity index (χ2n) is 5.77. The number of benzene rings is 1. The average molecular weight is 274 g/mol. The predicted molar refractivity (Wildman–Crippen MR) is 77.3 cm³/mol. The Morgan fingerprint density at radius 1 is 1.25 bits per heavy atom. The van der Waals surface area contributed by atoms with E-state index in [-0.39, 0.29) is 11.9 Å². The summed E-state index contributed by atoms with van der Waals surface area (Å²) in [7, 11) is 0. The van der Waals surface area contributed by atoms with Crippen molar-refractivity contribution in [1.29, 1.82) is 0 Å². The van der Waals surface area contributed by atoms with Crippen LogP contribution >= 0.6 is 0 Å². The van der Waals surface area contributed by atoms with Gasteiger partial charge in [-0.2, -0.15) is 0 Å². The summed E-state index contributed by atoms with van der Waals surface area (Å²) in [5.74, 6) is 0.516. The molecular formula is C16H22N2O2. The summed E-state index contributed by atoms with van der Waals surface area (Å²) < 4.78 is 5.74. The first kappa shape index (κ1) is 13.6. The molecule has 1 saturated heterocycles. The van der Waals surface area contributed by atoms with Gasteiger partial charge in [-0.15, -0.1) is 0 Å². The van der Waals surface area contributed by atoms with Crippen LogP contribution in [0.2, 0.25) is 0 Å². The summed E-state index contributed by atoms with van der Waals surface area (Å²) in [5, 5.41) is 3.19. The zero-order valence-corrected chi connectivity index (χ0v) is 11.7. The molecule has 0 unspecified atom stereocenters. The Morgan fingerprint density at radius 3 is 2.80 bits per heavy atom. The van der Waals surface area contributed by atoms with Crippen molar-refractivity contribution in [2.45, 2.75) is 44.4 Å². The highest BCUT2D eigenvalue weighted by Crippen LogP contribution is 2.34. The Hall–Kier alpha value is -1.39. The van der Waals surface area contributed by atoms with Crippen LogP contribution in [0.5, 0.6) is 0 Å². The second kappa shape index (κ2) is 5.94. The van der Waals surface area contributed by atoms with E-state index in [9.17, 15) is 4.79 Å². The molecule has 1 aliphatic carbocycles. The molecule has 2 aliphatic rings. The van der Waals surface area contributed by atoms with Crippen LogP contribution < -0.4 is 11.1 Å². The third-order valence-corrected chi connectivity index (χ3v) is 4.55. The highest BCUT2D eigenvalue weighted by atomic mass is 16.5. The van der Waals surface area contributed by atoms with E-state index in [0.717, 1.165) is 37.9 Å². The van der Waals surface area contributed by atoms with Crippen LogP contribution in [0.1, 0.15) is 41.6 Å². The number of nitrogens with one attached hydrogen (secondary N) is 1. The number of nitrogens with two attached hydrogens (primary N) is 1. The predicted octanol–water partition coefficient (Wildman–Crippen LogP) is 1.83. The smallest absolute Gasteiger partial charge is 0.251 e. The van der Waals surface area contributed by atoms with Crippen molar-refractivity contribution in [2.24, 2.45) is 11.7 Å². The molecule has 1 amide bonds. The Bertz CT molecular complexity index is 472. The normalized spacial score (nSPS) is 28.9. The van der Waals surface area contributed by atoms with Crippen molar-refractivity contribution in [3.63, 3.8) is 0 Å². The number of carbonyl (C=O) groups is 1. The third-order valence-electron chi connectivity index (χ3n) is 4.55. The fraction of sp³-hybridized carbons (Fsp3) is 0.562. The van der Waals surface area contributed by atoms with Gasteiger partial charge in [-0.1, -0.05) is 12.1 Å². The summed E-state index contributed by atoms with van der Waals surface area (Å²) in [4.78, 5) is 12.3. The van der Waals surface area contributed by atoms with Gasteiger partial charge in [0.2, 0.25) is 0 Å². The summed E-state index contributed by atoms with van der Waals surface area (Å²) in [6, 6.07) is 7.79. The summed E-state index contributed by atoms with van der Waals surface area (Å²) >= 11 is 0. The number of hydrogen-bond acceptors (Lipinski definition) is 3. The molecule has 2 fully saturated rings. The van der Waals surface area contributed by atoms with Gasteiger partial charge in [0.15, 0.2) is 0 Å². The van der Waals surface area contributed by atoms with Crippen molar-refractivity contribution in [3.05, 3.63) is 35.4 Å². The number of fused-ring (bicyclic) bond motifs is 1. The Balaban J connectivity index is 1.65. The van der Waals surface area contributed by atoms with Crippen LogP contribution in [0.15, 0.2) is 24.3 Å². The number of hydrogen-bond donors (Lipinski definition) is 2. The zero-order chi connectivity index (χ0) is 13.9. The van der Waals surface area contributed by atoms with E-state index in [0.29, 0.717) is 24.1 Å². The molecule has 108 valence electrons. The molecule has 1 aliphatic heterocycles. The fourth-order valence-electron chi connectivity index (χ4n) is 3.40. The second-order valence-corrected chi connectivity index (χ2v) is 5.77. The Morgan fingerprint density at radius 2 is 2.05 bits per heavy atom. The molecule has 20 heavy (non-hydrogen) atoms. The minimum atomic E-state index is 0.0196. The molecule has 1 heterocycles. The number of rotatable bonds is 3. The van der Waals surface area contributed by atoms with Crippen molar-refractivity contribution >= 4 is 5.91 Å². The highest BCUT2D eigenvalue weighted by Gasteiger charge is 2.38. The van der Waals surface area contributed by atoms with E-state index in [1.54, 1.807) is 0 Å². The number of carbonyl (C=O) groups excluding carboxylic acids is 1. The SMILES string of the molecule is NCc1ccc(C(=O)N[C@@H]2CCC[C@@H]3OCC[C@H]32)cc1. The van der Waals surface area contributed by atoms with Gasteiger partial charge in [0.05, 0.1) is 6.10 Å². The van der Waals surface area contributed by atoms with Crippen molar-refractivity contribution in [2.75, 3.05) is 6.61 Å². The van der Waals surface area contributed by atoms with Crippen molar-refractivity contribution in [3.8, 4) is 0 Å². The molecule has 1 saturated carbocycles. The van der Waals surface area contributed by atoms with Crippen molar-refractivity contribution in [1.82, 2.24) is 5.32 Å². The average Bonchev–Trinajstić information content (AvgIpc) is 2.97. The lowest BCUT2D eigenvalue weighted by atomic mass is 9.81. The van der Waals surface area contributed by atoms with Gasteiger partial charge in [0.25, 0.3) is 5.91 Å². The van der Waals surface area contributed by atoms with Crippen molar-refractivity contribution < 1.29 is 9.53 Å². The summed E-state index contributed by atoms with van der Waals surface area (Å²) in [6.07, 6.45) is 4.77. The van der Waals surface area contributed by atoms with E-state index < -0.39 is 0 Å². The molecule has 3 rings (SSSR count). The monoisotopic (exact) mass is 274 g/mol. The molecule has 3 N–H and O–H groups in total. The lowest BCUT2D eigenvalue weighted by Crippen LogP contribution is -2.45. The van der Waals surface area contributed by atoms with Crippen LogP contribution in [-0.2, 0) is 11.3 Å². The summed E-state index contributed by atoms with van der Waals surface area (Å²) in [6.45, 7) is 1.35. The lowest BCUT2D eigenvalue weighted by molar-refractivity contribution is 0.0510. The fourth-order valence-corrected chi connectivity index (χ4v) is 3.40. The Labute approximate surface area is 119 Å². The zero-order valence-electron chi connectivity index (χ0n) is 11.7. The standard InChI is InChI=1S/C16H22N2O2/c17-10-11-4-6-12(7-5-11)16(19)18-14-2-1-3-15-13(14)8-9-20-15/h4-7,13-15H,1-3,8-10,17H2,(H,18,19)/t13-,14+,15-/m0/s1. The van der Waals surface area contributed by atoms with E-state index in [4.69, 9.17) is 10.5 Å². The molecule has 4 nitrogen and oxygen atoms in total. The highest BCUT2D eigenvalue weighted by molar-refractivity contribution is 5.94. The van der Waals surface area contributed by atoms with Crippen LogP contribution in [0.25, 0.3) is 0 Å². The molecule has 1 aromatic carbocycles. The third kappa shape index (κ3) is 2.72. The molecule has 4 heteroatoms. The van der Waals surface area contributed by atoms with E-state index in [1.165, 1.54) is 0 Å². The first-order valence-corrected chi connectivity index (χ1v) is 7.49. The van der Waals surface area contributed by atoms with Gasteiger partial charge in [0, 0.05) is 30.7 Å². The van der Waals surface area contributed by atoms with Crippen LogP contribution in [0.4, 0.5) is 0 Å². The van der Waals surface area contributed by atoms with Gasteiger partial charge in [-0.05, 0) is 43.4 Å². The molecular weight excluding hydrogens is 252 g/mol. The maximum Gasteiger partial charge on any atom is 0.251 e. The minimum Gasteiger partial charge on any atom is -0.378 e. The Kier molecular flexibility index (Phi) is 4.03. The lowest BCUT2D eigenvalue weighted by Gasteiger charge is -2.33. The van der Waals surface area contributed by atoms with E-state index >= 15 is 0 Å². The van der Waals surface area contributed by atoms with Gasteiger partial charge in [0.1, 0.15) is 0 Å². The van der Waals surface area contributed by atoms with Gasteiger partial charge in [-0.3, -0.25) is 4.79 Å². The van der Waals surface area contributed by atoms with Gasteiger partial charge < -0.3 is 15.8 Å². The molecule has 3 atom stereocenters. The first-order chi connectivity index (χ1) is 9.78. The summed E-state index contributed by atoms with van der Waals surface area (Å²) in [5.41, 5.74) is 7.33. The molecule has 0 spiro atoms. The van der Waals surface area contributed by atoms with Crippen LogP contribution in [0.3, 0.4) is 0 Å². The topological polar surface area (TPSA) is 64.4 Å². The maximum absolute atomic E-state index is 12.3. The van der Waals surface area contributed by atoms with E-state index in [2.05, 4.69) is 5.32 Å². The largest absolute Gasteiger partial charge is 0.378 e. The first-order valence-electron chi connectivity index (χ1n) is 7.49.